The summed E-state index contributed by atoms with van der Waals surface area (Å²) in [6, 6.07) is 0. The van der Waals surface area contributed by atoms with Gasteiger partial charge in [-0.2, -0.15) is 0 Å². The standard InChI is InChI=1S/C7H14O4/c1-4-3-11-5(2-8)7(10)6(4)9/h4-10H,2-3H2,1H3/t4-,5?,6?,7+/m0/s1. The third kappa shape index (κ3) is 1.70. The van der Waals surface area contributed by atoms with Crippen LogP contribution >= 0.6 is 0 Å². The number of hydrogen-bond donors (Lipinski definition) is 3. The van der Waals surface area contributed by atoms with Gasteiger partial charge in [0.2, 0.25) is 0 Å². The monoisotopic (exact) mass is 162 g/mol. The molecule has 1 fully saturated rings. The van der Waals surface area contributed by atoms with Gasteiger partial charge in [0.05, 0.1) is 19.3 Å². The molecule has 0 amide bonds. The Bertz CT molecular complexity index is 126. The zero-order valence-corrected chi connectivity index (χ0v) is 6.47. The molecule has 11 heavy (non-hydrogen) atoms. The molecular formula is C7H14O4. The van der Waals surface area contributed by atoms with Crippen molar-refractivity contribution in [3.8, 4) is 0 Å². The van der Waals surface area contributed by atoms with E-state index in [4.69, 9.17) is 9.84 Å². The minimum absolute atomic E-state index is 0.0622. The van der Waals surface area contributed by atoms with Crippen LogP contribution in [0.1, 0.15) is 6.92 Å². The fraction of sp³-hybridized carbons (Fsp3) is 1.00. The Morgan fingerprint density at radius 3 is 2.55 bits per heavy atom. The summed E-state index contributed by atoms with van der Waals surface area (Å²) in [5.74, 6) is -0.0622. The zero-order valence-electron chi connectivity index (χ0n) is 6.47. The summed E-state index contributed by atoms with van der Waals surface area (Å²) in [5.41, 5.74) is 0. The van der Waals surface area contributed by atoms with Crippen molar-refractivity contribution >= 4 is 0 Å². The van der Waals surface area contributed by atoms with E-state index >= 15 is 0 Å². The van der Waals surface area contributed by atoms with Gasteiger partial charge in [0.1, 0.15) is 12.2 Å². The lowest BCUT2D eigenvalue weighted by molar-refractivity contribution is -0.170. The Kier molecular flexibility index (Phi) is 2.84. The van der Waals surface area contributed by atoms with Gasteiger partial charge in [-0.1, -0.05) is 6.92 Å². The van der Waals surface area contributed by atoms with Crippen LogP contribution < -0.4 is 0 Å². The van der Waals surface area contributed by atoms with Crippen molar-refractivity contribution in [2.24, 2.45) is 5.92 Å². The zero-order chi connectivity index (χ0) is 8.43. The van der Waals surface area contributed by atoms with E-state index in [-0.39, 0.29) is 12.5 Å². The largest absolute Gasteiger partial charge is 0.394 e. The Labute approximate surface area is 65.4 Å². The van der Waals surface area contributed by atoms with Crippen molar-refractivity contribution in [2.45, 2.75) is 25.2 Å². The first kappa shape index (κ1) is 8.93. The van der Waals surface area contributed by atoms with Gasteiger partial charge in [-0.25, -0.2) is 0 Å². The molecule has 3 N–H and O–H groups in total. The minimum atomic E-state index is -0.955. The molecule has 4 nitrogen and oxygen atoms in total. The lowest BCUT2D eigenvalue weighted by Gasteiger charge is -2.35. The summed E-state index contributed by atoms with van der Waals surface area (Å²) in [5, 5.41) is 27.2. The molecule has 0 radical (unpaired) electrons. The predicted molar refractivity (Wildman–Crippen MR) is 38.0 cm³/mol. The van der Waals surface area contributed by atoms with E-state index in [2.05, 4.69) is 0 Å². The molecule has 4 heteroatoms. The number of aliphatic hydroxyl groups excluding tert-OH is 3. The lowest BCUT2D eigenvalue weighted by Crippen LogP contribution is -2.50. The highest BCUT2D eigenvalue weighted by molar-refractivity contribution is 4.84. The van der Waals surface area contributed by atoms with Gasteiger partial charge in [0.25, 0.3) is 0 Å². The van der Waals surface area contributed by atoms with Crippen LogP contribution in [0.4, 0.5) is 0 Å². The number of rotatable bonds is 1. The van der Waals surface area contributed by atoms with E-state index in [1.165, 1.54) is 0 Å². The number of aliphatic hydroxyl groups is 3. The van der Waals surface area contributed by atoms with Crippen molar-refractivity contribution in [2.75, 3.05) is 13.2 Å². The molecule has 0 aromatic heterocycles. The van der Waals surface area contributed by atoms with Crippen molar-refractivity contribution in [1.29, 1.82) is 0 Å². The fourth-order valence-corrected chi connectivity index (χ4v) is 1.19. The normalized spacial score (nSPS) is 45.8. The second-order valence-corrected chi connectivity index (χ2v) is 3.01. The molecule has 1 saturated heterocycles. The third-order valence-corrected chi connectivity index (χ3v) is 2.07. The van der Waals surface area contributed by atoms with Crippen LogP contribution in [0.5, 0.6) is 0 Å². The first-order chi connectivity index (χ1) is 5.16. The van der Waals surface area contributed by atoms with E-state index in [0.29, 0.717) is 6.61 Å². The predicted octanol–water partition coefficient (Wildman–Crippen LogP) is -1.26. The van der Waals surface area contributed by atoms with E-state index in [9.17, 15) is 10.2 Å². The molecule has 0 spiro atoms. The van der Waals surface area contributed by atoms with Crippen molar-refractivity contribution in [1.82, 2.24) is 0 Å². The summed E-state index contributed by atoms with van der Waals surface area (Å²) in [6.07, 6.45) is -2.36. The van der Waals surface area contributed by atoms with Crippen LogP contribution in [0.25, 0.3) is 0 Å². The lowest BCUT2D eigenvalue weighted by atomic mass is 9.94. The molecule has 0 aromatic rings. The Balaban J connectivity index is 2.52. The molecule has 66 valence electrons. The summed E-state index contributed by atoms with van der Waals surface area (Å²) in [4.78, 5) is 0. The smallest absolute Gasteiger partial charge is 0.109 e. The van der Waals surface area contributed by atoms with Gasteiger partial charge in [-0.3, -0.25) is 0 Å². The van der Waals surface area contributed by atoms with Crippen molar-refractivity contribution in [3.05, 3.63) is 0 Å². The summed E-state index contributed by atoms with van der Waals surface area (Å²) in [7, 11) is 0. The molecule has 1 aliphatic heterocycles. The molecule has 0 aliphatic carbocycles. The second kappa shape index (κ2) is 3.49. The van der Waals surface area contributed by atoms with Crippen LogP contribution in [0.2, 0.25) is 0 Å². The Morgan fingerprint density at radius 1 is 1.36 bits per heavy atom. The Morgan fingerprint density at radius 2 is 2.00 bits per heavy atom. The van der Waals surface area contributed by atoms with Crippen molar-refractivity contribution < 1.29 is 20.1 Å². The quantitative estimate of drug-likeness (QED) is 0.450. The minimum Gasteiger partial charge on any atom is -0.394 e. The van der Waals surface area contributed by atoms with Crippen LogP contribution in [0.15, 0.2) is 0 Å². The maximum Gasteiger partial charge on any atom is 0.109 e. The highest BCUT2D eigenvalue weighted by atomic mass is 16.5. The molecule has 1 rings (SSSR count). The number of hydrogen-bond acceptors (Lipinski definition) is 4. The molecule has 4 atom stereocenters. The van der Waals surface area contributed by atoms with Crippen LogP contribution in [-0.4, -0.2) is 46.8 Å². The van der Waals surface area contributed by atoms with Gasteiger partial charge in [-0.15, -0.1) is 0 Å². The molecule has 0 bridgehead atoms. The van der Waals surface area contributed by atoms with Gasteiger partial charge in [0.15, 0.2) is 0 Å². The SMILES string of the molecule is C[C@H]1COC(CO)[C@@H](O)C1O. The van der Waals surface area contributed by atoms with E-state index in [1.54, 1.807) is 6.92 Å². The first-order valence-electron chi connectivity index (χ1n) is 3.75. The van der Waals surface area contributed by atoms with Crippen molar-refractivity contribution in [3.63, 3.8) is 0 Å². The average molecular weight is 162 g/mol. The van der Waals surface area contributed by atoms with E-state index < -0.39 is 18.3 Å². The maximum atomic E-state index is 9.31. The molecule has 0 aromatic carbocycles. The maximum absolute atomic E-state index is 9.31. The third-order valence-electron chi connectivity index (χ3n) is 2.07. The molecular weight excluding hydrogens is 148 g/mol. The average Bonchev–Trinajstić information content (AvgIpc) is 2.01. The second-order valence-electron chi connectivity index (χ2n) is 3.01. The first-order valence-corrected chi connectivity index (χ1v) is 3.75. The van der Waals surface area contributed by atoms with Gasteiger partial charge >= 0.3 is 0 Å². The highest BCUT2D eigenvalue weighted by Crippen LogP contribution is 2.19. The molecule has 2 unspecified atom stereocenters. The topological polar surface area (TPSA) is 69.9 Å². The molecule has 1 aliphatic rings. The fourth-order valence-electron chi connectivity index (χ4n) is 1.19. The summed E-state index contributed by atoms with van der Waals surface area (Å²) >= 11 is 0. The summed E-state index contributed by atoms with van der Waals surface area (Å²) < 4.78 is 5.06. The molecule has 1 heterocycles. The Hall–Kier alpha value is -0.160. The van der Waals surface area contributed by atoms with Gasteiger partial charge < -0.3 is 20.1 Å². The van der Waals surface area contributed by atoms with Crippen LogP contribution in [-0.2, 0) is 4.74 Å². The van der Waals surface area contributed by atoms with Gasteiger partial charge in [0, 0.05) is 5.92 Å². The van der Waals surface area contributed by atoms with Gasteiger partial charge in [-0.05, 0) is 0 Å². The van der Waals surface area contributed by atoms with Crippen LogP contribution in [0.3, 0.4) is 0 Å². The van der Waals surface area contributed by atoms with E-state index in [0.717, 1.165) is 0 Å². The number of ether oxygens (including phenoxy) is 1. The van der Waals surface area contributed by atoms with E-state index in [1.807, 2.05) is 0 Å². The summed E-state index contributed by atoms with van der Waals surface area (Å²) in [6.45, 7) is 1.94. The van der Waals surface area contributed by atoms with Crippen LogP contribution in [0, 0.1) is 5.92 Å². The molecule has 0 saturated carbocycles. The highest BCUT2D eigenvalue weighted by Gasteiger charge is 2.35.